The number of piperidine rings is 1. The van der Waals surface area contributed by atoms with E-state index in [2.05, 4.69) is 25.8 Å². The molecule has 1 saturated heterocycles. The van der Waals surface area contributed by atoms with Crippen molar-refractivity contribution in [1.29, 1.82) is 0 Å². The summed E-state index contributed by atoms with van der Waals surface area (Å²) in [5, 5.41) is 65.1. The van der Waals surface area contributed by atoms with Crippen LogP contribution in [-0.4, -0.2) is 120 Å². The second kappa shape index (κ2) is 21.0. The number of phenolic OH excluding ortho intramolecular Hbond substituents is 1. The molecule has 5 aromatic rings. The number of rotatable bonds is 13. The molecule has 2 aromatic carbocycles. The lowest BCUT2D eigenvalue weighted by Crippen LogP contribution is -2.52. The Bertz CT molecular complexity index is 2450. The zero-order valence-electron chi connectivity index (χ0n) is 35.0. The van der Waals surface area contributed by atoms with Gasteiger partial charge in [-0.05, 0) is 110 Å². The summed E-state index contributed by atoms with van der Waals surface area (Å²) in [6.45, 7) is 4.32. The molecular formula is C42H44F6N6O11S2. The van der Waals surface area contributed by atoms with Crippen molar-refractivity contribution in [1.82, 2.24) is 25.2 Å². The topological polar surface area (TPSA) is 246 Å². The maximum Gasteiger partial charge on any atom is 0.490 e. The van der Waals surface area contributed by atoms with Crippen LogP contribution in [0.2, 0.25) is 0 Å². The van der Waals surface area contributed by atoms with Gasteiger partial charge in [-0.1, -0.05) is 23.4 Å². The fourth-order valence-corrected chi connectivity index (χ4v) is 9.53. The van der Waals surface area contributed by atoms with Gasteiger partial charge in [-0.15, -0.1) is 27.8 Å². The number of halogens is 6. The highest BCUT2D eigenvalue weighted by atomic mass is 32.1. The van der Waals surface area contributed by atoms with Gasteiger partial charge in [0.05, 0.1) is 21.4 Å². The molecule has 8 rings (SSSR count). The third kappa shape index (κ3) is 12.4. The molecule has 7 N–H and O–H groups in total. The number of aryl methyl sites for hydroxylation is 1. The SMILES string of the molecule is O=C(O)C(F)(F)F.O=C(O)C(F)(F)F.O=C1COc2c([C@@H](O)CNCc3ccc4c(c3)nnn4CCCN3CCC4(CC3)CC(OC(=O)C(O)(c3cccs3)c3cccs3)C4)ccc(O)c2N1. The first-order valence-corrected chi connectivity index (χ1v) is 22.2. The highest BCUT2D eigenvalue weighted by Crippen LogP contribution is 2.51. The van der Waals surface area contributed by atoms with Crippen molar-refractivity contribution in [2.45, 2.75) is 75.4 Å². The van der Waals surface area contributed by atoms with Crippen LogP contribution in [0.3, 0.4) is 0 Å². The molecule has 0 unspecified atom stereocenters. The van der Waals surface area contributed by atoms with Gasteiger partial charge in [0.25, 0.3) is 5.91 Å². The lowest BCUT2D eigenvalue weighted by Gasteiger charge is -2.51. The van der Waals surface area contributed by atoms with Gasteiger partial charge in [0.2, 0.25) is 5.60 Å². The molecule has 0 radical (unpaired) electrons. The second-order valence-corrected chi connectivity index (χ2v) is 17.8. The largest absolute Gasteiger partial charge is 0.506 e. The maximum absolute atomic E-state index is 13.4. The van der Waals surface area contributed by atoms with E-state index in [1.54, 1.807) is 18.2 Å². The third-order valence-corrected chi connectivity index (χ3v) is 13.2. The molecule has 17 nitrogen and oxygen atoms in total. The zero-order valence-corrected chi connectivity index (χ0v) is 36.7. The summed E-state index contributed by atoms with van der Waals surface area (Å²) in [7, 11) is 0. The molecule has 1 spiro atoms. The molecule has 1 amide bonds. The Morgan fingerprint density at radius 2 is 1.55 bits per heavy atom. The number of aliphatic hydroxyl groups is 2. The van der Waals surface area contributed by atoms with Crippen LogP contribution in [-0.2, 0) is 42.6 Å². The number of phenols is 1. The molecule has 2 aliphatic heterocycles. The summed E-state index contributed by atoms with van der Waals surface area (Å²) in [6, 6.07) is 16.3. The van der Waals surface area contributed by atoms with E-state index in [1.165, 1.54) is 28.7 Å². The quantitative estimate of drug-likeness (QED) is 0.0419. The number of carboxylic acids is 2. The van der Waals surface area contributed by atoms with Gasteiger partial charge in [-0.3, -0.25) is 4.79 Å². The minimum Gasteiger partial charge on any atom is -0.506 e. The summed E-state index contributed by atoms with van der Waals surface area (Å²) in [4.78, 5) is 46.5. The van der Waals surface area contributed by atoms with Gasteiger partial charge in [0.1, 0.15) is 23.1 Å². The second-order valence-electron chi connectivity index (χ2n) is 15.9. The molecule has 3 aliphatic rings. The van der Waals surface area contributed by atoms with E-state index in [9.17, 15) is 51.3 Å². The van der Waals surface area contributed by atoms with E-state index in [-0.39, 0.29) is 47.8 Å². The molecule has 1 atom stereocenters. The smallest absolute Gasteiger partial charge is 0.490 e. The summed E-state index contributed by atoms with van der Waals surface area (Å²) in [5.74, 6) is -6.28. The van der Waals surface area contributed by atoms with E-state index < -0.39 is 42.0 Å². The molecule has 2 fully saturated rings. The lowest BCUT2D eigenvalue weighted by molar-refractivity contribution is -0.193. The summed E-state index contributed by atoms with van der Waals surface area (Å²) < 4.78 is 76.9. The summed E-state index contributed by atoms with van der Waals surface area (Å²) >= 11 is 2.72. The minimum atomic E-state index is -5.08. The lowest BCUT2D eigenvalue weighted by atomic mass is 9.61. The van der Waals surface area contributed by atoms with Crippen molar-refractivity contribution in [3.63, 3.8) is 0 Å². The number of alkyl halides is 6. The van der Waals surface area contributed by atoms with Crippen molar-refractivity contribution in [2.75, 3.05) is 38.1 Å². The summed E-state index contributed by atoms with van der Waals surface area (Å²) in [6.07, 6.45) is -6.46. The zero-order chi connectivity index (χ0) is 48.7. The first kappa shape index (κ1) is 50.6. The summed E-state index contributed by atoms with van der Waals surface area (Å²) in [5.41, 5.74) is 1.89. The average Bonchev–Trinajstić information content (AvgIpc) is 4.08. The number of nitrogens with zero attached hydrogens (tertiary/aromatic N) is 4. The maximum atomic E-state index is 13.4. The normalized spacial score (nSPS) is 16.6. The van der Waals surface area contributed by atoms with Crippen LogP contribution < -0.4 is 15.4 Å². The van der Waals surface area contributed by atoms with Gasteiger partial charge in [-0.25, -0.2) is 19.1 Å². The molecule has 25 heteroatoms. The molecule has 67 heavy (non-hydrogen) atoms. The number of anilines is 1. The minimum absolute atomic E-state index is 0.112. The number of benzene rings is 2. The Labute approximate surface area is 384 Å². The Morgan fingerprint density at radius 3 is 2.12 bits per heavy atom. The highest BCUT2D eigenvalue weighted by molar-refractivity contribution is 7.12. The monoisotopic (exact) mass is 986 g/mol. The number of carbonyl (C=O) groups is 4. The fourth-order valence-electron chi connectivity index (χ4n) is 7.82. The third-order valence-electron chi connectivity index (χ3n) is 11.3. The van der Waals surface area contributed by atoms with Crippen LogP contribution in [0.25, 0.3) is 11.0 Å². The predicted octanol–water partition coefficient (Wildman–Crippen LogP) is 5.79. The van der Waals surface area contributed by atoms with E-state index in [4.69, 9.17) is 29.3 Å². The number of ether oxygens (including phenoxy) is 2. The van der Waals surface area contributed by atoms with Crippen molar-refractivity contribution >= 4 is 63.2 Å². The number of thiophene rings is 2. The van der Waals surface area contributed by atoms with Crippen LogP contribution in [0.15, 0.2) is 65.4 Å². The number of aromatic nitrogens is 3. The number of hydrogen-bond donors (Lipinski definition) is 7. The first-order chi connectivity index (χ1) is 31.6. The van der Waals surface area contributed by atoms with Crippen LogP contribution in [0, 0.1) is 5.41 Å². The number of aromatic hydroxyl groups is 1. The molecule has 0 bridgehead atoms. The van der Waals surface area contributed by atoms with Crippen LogP contribution in [0.4, 0.5) is 32.0 Å². The molecule has 1 saturated carbocycles. The number of esters is 1. The predicted molar refractivity (Wildman–Crippen MR) is 227 cm³/mol. The van der Waals surface area contributed by atoms with Gasteiger partial charge < -0.3 is 50.5 Å². The van der Waals surface area contributed by atoms with Gasteiger partial charge in [-0.2, -0.15) is 26.3 Å². The van der Waals surface area contributed by atoms with Gasteiger partial charge in [0, 0.05) is 25.2 Å². The Kier molecular flexibility index (Phi) is 15.8. The van der Waals surface area contributed by atoms with Gasteiger partial charge in [0.15, 0.2) is 12.4 Å². The van der Waals surface area contributed by atoms with Crippen molar-refractivity contribution in [3.05, 3.63) is 86.2 Å². The van der Waals surface area contributed by atoms with E-state index in [1.807, 2.05) is 45.8 Å². The van der Waals surface area contributed by atoms with E-state index in [0.717, 1.165) is 74.9 Å². The number of carboxylic acid groups (broad SMARTS) is 2. The number of aliphatic hydroxyl groups excluding tert-OH is 1. The molecule has 362 valence electrons. The van der Waals surface area contributed by atoms with Crippen molar-refractivity contribution < 1.29 is 80.5 Å². The molecule has 1 aliphatic carbocycles. The van der Waals surface area contributed by atoms with E-state index >= 15 is 0 Å². The van der Waals surface area contributed by atoms with Crippen molar-refractivity contribution in [3.8, 4) is 11.5 Å². The van der Waals surface area contributed by atoms with Gasteiger partial charge >= 0.3 is 30.3 Å². The van der Waals surface area contributed by atoms with Crippen LogP contribution in [0.5, 0.6) is 11.5 Å². The Morgan fingerprint density at radius 1 is 0.940 bits per heavy atom. The number of carbonyl (C=O) groups excluding carboxylic acids is 2. The van der Waals surface area contributed by atoms with Crippen LogP contribution >= 0.6 is 22.7 Å². The van der Waals surface area contributed by atoms with E-state index in [0.29, 0.717) is 21.9 Å². The number of amides is 1. The molecule has 3 aromatic heterocycles. The molecular weight excluding hydrogens is 943 g/mol. The van der Waals surface area contributed by atoms with Crippen LogP contribution in [0.1, 0.15) is 59.1 Å². The molecule has 5 heterocycles. The first-order valence-electron chi connectivity index (χ1n) is 20.4. The number of likely N-dealkylation sites (tertiary alicyclic amines) is 1. The number of hydrogen-bond acceptors (Lipinski definition) is 15. The standard InChI is InChI=1S/C38H42N6O7S2.2C2HF3O2/c45-29-9-7-26(35-34(29)40-33(47)23-50-35)30(46)22-39-21-24-6-8-28-27(18-24)41-42-44(28)13-3-12-43-14-10-37(11-15-43)19-25(20-37)51-36(48)38(49,31-4-1-16-52-31)32-5-2-17-53-32;2*3-2(4,5)1(6)7/h1-2,4-9,16-18,25,30,39,45-46,49H,3,10-15,19-23H2,(H,40,47);2*(H,6,7)/t30-;;/m0../s1. The highest BCUT2D eigenvalue weighted by Gasteiger charge is 2.51. The Hall–Kier alpha value is -5.86. The van der Waals surface area contributed by atoms with Crippen molar-refractivity contribution in [2.24, 2.45) is 5.41 Å². The number of aliphatic carboxylic acids is 2. The number of fused-ring (bicyclic) bond motifs is 2. The average molecular weight is 987 g/mol. The Balaban J connectivity index is 0.000000461. The number of nitrogens with one attached hydrogen (secondary N) is 2. The fraction of sp³-hybridized carbons (Fsp3) is 0.429.